The molecular formula is C14H10F3N3. The summed E-state index contributed by atoms with van der Waals surface area (Å²) in [7, 11) is 0. The van der Waals surface area contributed by atoms with Crippen LogP contribution in [0.3, 0.4) is 0 Å². The highest BCUT2D eigenvalue weighted by Crippen LogP contribution is 2.30. The first kappa shape index (κ1) is 12.7. The molecule has 0 atom stereocenters. The lowest BCUT2D eigenvalue weighted by Crippen LogP contribution is -2.04. The predicted octanol–water partition coefficient (Wildman–Crippen LogP) is 3.95. The minimum Gasteiger partial charge on any atom is -0.337 e. The number of fused-ring (bicyclic) bond motifs is 1. The van der Waals surface area contributed by atoms with Crippen LogP contribution in [0.4, 0.5) is 13.2 Å². The fraction of sp³-hybridized carbons (Fsp3) is 0.143. The van der Waals surface area contributed by atoms with E-state index in [4.69, 9.17) is 0 Å². The number of imidazole rings is 1. The second-order valence-corrected chi connectivity index (χ2v) is 4.54. The molecule has 0 bridgehead atoms. The van der Waals surface area contributed by atoms with Crippen molar-refractivity contribution in [3.05, 3.63) is 47.7 Å². The van der Waals surface area contributed by atoms with E-state index in [1.165, 1.54) is 12.1 Å². The van der Waals surface area contributed by atoms with Gasteiger partial charge in [0.15, 0.2) is 5.65 Å². The molecule has 0 saturated heterocycles. The summed E-state index contributed by atoms with van der Waals surface area (Å²) in [5, 5.41) is 0. The number of H-pyrrole nitrogens is 1. The third-order valence-electron chi connectivity index (χ3n) is 2.96. The largest absolute Gasteiger partial charge is 0.416 e. The molecular weight excluding hydrogens is 267 g/mol. The molecule has 0 aliphatic carbocycles. The van der Waals surface area contributed by atoms with Gasteiger partial charge < -0.3 is 4.98 Å². The lowest BCUT2D eigenvalue weighted by atomic mass is 10.1. The average Bonchev–Trinajstić information content (AvgIpc) is 2.80. The number of aryl methyl sites for hydroxylation is 1. The van der Waals surface area contributed by atoms with Crippen molar-refractivity contribution in [1.29, 1.82) is 0 Å². The Hall–Kier alpha value is -2.37. The van der Waals surface area contributed by atoms with Crippen LogP contribution in [-0.2, 0) is 6.18 Å². The molecule has 0 aliphatic heterocycles. The zero-order chi connectivity index (χ0) is 14.3. The van der Waals surface area contributed by atoms with Crippen molar-refractivity contribution < 1.29 is 13.2 Å². The van der Waals surface area contributed by atoms with E-state index in [-0.39, 0.29) is 0 Å². The molecule has 1 aromatic carbocycles. The van der Waals surface area contributed by atoms with Gasteiger partial charge in [0.1, 0.15) is 5.82 Å². The first-order chi connectivity index (χ1) is 9.43. The number of hydrogen-bond donors (Lipinski definition) is 1. The first-order valence-electron chi connectivity index (χ1n) is 5.93. The van der Waals surface area contributed by atoms with Gasteiger partial charge in [0.25, 0.3) is 0 Å². The molecule has 3 aromatic rings. The molecule has 0 aliphatic rings. The van der Waals surface area contributed by atoms with Crippen molar-refractivity contribution in [2.75, 3.05) is 0 Å². The van der Waals surface area contributed by atoms with E-state index < -0.39 is 11.7 Å². The van der Waals surface area contributed by atoms with Gasteiger partial charge in [-0.1, -0.05) is 12.1 Å². The number of nitrogens with one attached hydrogen (secondary N) is 1. The molecule has 0 amide bonds. The van der Waals surface area contributed by atoms with Crippen molar-refractivity contribution in [3.63, 3.8) is 0 Å². The summed E-state index contributed by atoms with van der Waals surface area (Å²) in [5.41, 5.74) is 2.21. The topological polar surface area (TPSA) is 41.6 Å². The molecule has 2 heterocycles. The van der Waals surface area contributed by atoms with E-state index in [0.29, 0.717) is 17.0 Å². The van der Waals surface area contributed by atoms with Crippen molar-refractivity contribution in [2.45, 2.75) is 13.1 Å². The third-order valence-corrected chi connectivity index (χ3v) is 2.96. The fourth-order valence-electron chi connectivity index (χ4n) is 1.96. The standard InChI is InChI=1S/C14H10F3N3/c1-8-6-11-13(18-7-8)20-12(19-11)9-2-4-10(5-3-9)14(15,16)17/h2-7H,1H3,(H,18,19,20). The molecule has 3 nitrogen and oxygen atoms in total. The van der Waals surface area contributed by atoms with Crippen LogP contribution >= 0.6 is 0 Å². The van der Waals surface area contributed by atoms with E-state index in [0.717, 1.165) is 23.2 Å². The Bertz CT molecular complexity index is 757. The number of aromatic nitrogens is 3. The first-order valence-corrected chi connectivity index (χ1v) is 5.93. The number of rotatable bonds is 1. The second-order valence-electron chi connectivity index (χ2n) is 4.54. The number of benzene rings is 1. The number of halogens is 3. The van der Waals surface area contributed by atoms with Gasteiger partial charge in [0.05, 0.1) is 11.1 Å². The minimum absolute atomic E-state index is 0.506. The highest BCUT2D eigenvalue weighted by atomic mass is 19.4. The van der Waals surface area contributed by atoms with Crippen LogP contribution < -0.4 is 0 Å². The number of aromatic amines is 1. The summed E-state index contributed by atoms with van der Waals surface area (Å²) in [6.45, 7) is 1.91. The van der Waals surface area contributed by atoms with Crippen LogP contribution in [0.15, 0.2) is 36.5 Å². The second kappa shape index (κ2) is 4.33. The average molecular weight is 277 g/mol. The molecule has 6 heteroatoms. The highest BCUT2D eigenvalue weighted by molar-refractivity contribution is 5.76. The Morgan fingerprint density at radius 2 is 1.80 bits per heavy atom. The lowest BCUT2D eigenvalue weighted by Gasteiger charge is -2.06. The number of hydrogen-bond acceptors (Lipinski definition) is 2. The van der Waals surface area contributed by atoms with Crippen molar-refractivity contribution in [2.24, 2.45) is 0 Å². The van der Waals surface area contributed by atoms with E-state index in [2.05, 4.69) is 15.0 Å². The van der Waals surface area contributed by atoms with Gasteiger partial charge in [0, 0.05) is 11.8 Å². The van der Waals surface area contributed by atoms with Crippen LogP contribution in [0.25, 0.3) is 22.6 Å². The lowest BCUT2D eigenvalue weighted by molar-refractivity contribution is -0.137. The van der Waals surface area contributed by atoms with Crippen LogP contribution in [-0.4, -0.2) is 15.0 Å². The maximum absolute atomic E-state index is 12.5. The quantitative estimate of drug-likeness (QED) is 0.731. The molecule has 0 fully saturated rings. The SMILES string of the molecule is Cc1cnc2nc(-c3ccc(C(F)(F)F)cc3)[nH]c2c1. The van der Waals surface area contributed by atoms with E-state index in [1.807, 2.05) is 13.0 Å². The zero-order valence-electron chi connectivity index (χ0n) is 10.5. The maximum Gasteiger partial charge on any atom is 0.416 e. The van der Waals surface area contributed by atoms with Crippen LogP contribution in [0.1, 0.15) is 11.1 Å². The molecule has 0 unspecified atom stereocenters. The molecule has 1 N–H and O–H groups in total. The normalized spacial score (nSPS) is 12.0. The summed E-state index contributed by atoms with van der Waals surface area (Å²) >= 11 is 0. The van der Waals surface area contributed by atoms with E-state index in [1.54, 1.807) is 6.20 Å². The van der Waals surface area contributed by atoms with Gasteiger partial charge in [-0.2, -0.15) is 13.2 Å². The predicted molar refractivity (Wildman–Crippen MR) is 69.1 cm³/mol. The van der Waals surface area contributed by atoms with Crippen molar-refractivity contribution in [1.82, 2.24) is 15.0 Å². The molecule has 2 aromatic heterocycles. The summed E-state index contributed by atoms with van der Waals surface area (Å²) in [4.78, 5) is 11.5. The number of nitrogens with zero attached hydrogens (tertiary/aromatic N) is 2. The van der Waals surface area contributed by atoms with Gasteiger partial charge in [-0.15, -0.1) is 0 Å². The van der Waals surface area contributed by atoms with Crippen molar-refractivity contribution >= 4 is 11.2 Å². The minimum atomic E-state index is -4.33. The molecule has 102 valence electrons. The molecule has 0 spiro atoms. The van der Waals surface area contributed by atoms with E-state index >= 15 is 0 Å². The van der Waals surface area contributed by atoms with Gasteiger partial charge >= 0.3 is 6.18 Å². The Kier molecular flexibility index (Phi) is 2.74. The van der Waals surface area contributed by atoms with Crippen LogP contribution in [0, 0.1) is 6.92 Å². The summed E-state index contributed by atoms with van der Waals surface area (Å²) < 4.78 is 37.5. The Morgan fingerprint density at radius 3 is 2.45 bits per heavy atom. The Balaban J connectivity index is 2.02. The fourth-order valence-corrected chi connectivity index (χ4v) is 1.96. The monoisotopic (exact) mass is 277 g/mol. The molecule has 0 radical (unpaired) electrons. The molecule has 3 rings (SSSR count). The van der Waals surface area contributed by atoms with Crippen molar-refractivity contribution in [3.8, 4) is 11.4 Å². The summed E-state index contributed by atoms with van der Waals surface area (Å²) in [6, 6.07) is 6.77. The van der Waals surface area contributed by atoms with Crippen LogP contribution in [0.2, 0.25) is 0 Å². The maximum atomic E-state index is 12.5. The number of alkyl halides is 3. The highest BCUT2D eigenvalue weighted by Gasteiger charge is 2.30. The zero-order valence-corrected chi connectivity index (χ0v) is 10.5. The van der Waals surface area contributed by atoms with Crippen LogP contribution in [0.5, 0.6) is 0 Å². The Labute approximate surface area is 112 Å². The Morgan fingerprint density at radius 1 is 1.10 bits per heavy atom. The van der Waals surface area contributed by atoms with Gasteiger partial charge in [0.2, 0.25) is 0 Å². The van der Waals surface area contributed by atoms with Gasteiger partial charge in [-0.05, 0) is 30.7 Å². The molecule has 20 heavy (non-hydrogen) atoms. The van der Waals surface area contributed by atoms with Gasteiger partial charge in [-0.25, -0.2) is 9.97 Å². The summed E-state index contributed by atoms with van der Waals surface area (Å²) in [6.07, 6.45) is -2.63. The van der Waals surface area contributed by atoms with Gasteiger partial charge in [-0.3, -0.25) is 0 Å². The summed E-state index contributed by atoms with van der Waals surface area (Å²) in [5.74, 6) is 0.506. The number of pyridine rings is 1. The van der Waals surface area contributed by atoms with E-state index in [9.17, 15) is 13.2 Å². The molecule has 0 saturated carbocycles. The third kappa shape index (κ3) is 2.24. The smallest absolute Gasteiger partial charge is 0.337 e.